The monoisotopic (exact) mass is 609 g/mol. The topological polar surface area (TPSA) is 156 Å². The minimum absolute atomic E-state index is 0.0123. The number of nitrogens with zero attached hydrogens (tertiary/aromatic N) is 2. The molecular weight excluding hydrogens is 562 g/mol. The number of aliphatic hydroxyl groups excluding tert-OH is 1. The van der Waals surface area contributed by atoms with E-state index in [-0.39, 0.29) is 49.9 Å². The van der Waals surface area contributed by atoms with Gasteiger partial charge in [-0.25, -0.2) is 0 Å². The van der Waals surface area contributed by atoms with Crippen molar-refractivity contribution in [1.82, 2.24) is 20.5 Å². The van der Waals surface area contributed by atoms with Gasteiger partial charge in [0, 0.05) is 50.4 Å². The van der Waals surface area contributed by atoms with Crippen LogP contribution in [0.5, 0.6) is 5.75 Å². The Morgan fingerprint density at radius 2 is 1.80 bits per heavy atom. The van der Waals surface area contributed by atoms with Gasteiger partial charge >= 0.3 is 0 Å². The highest BCUT2D eigenvalue weighted by Gasteiger charge is 2.43. The Hall–Kier alpha value is -3.54. The molecule has 2 heterocycles. The number of likely N-dealkylation sites (N-methyl/N-ethyl adjacent to an activating group) is 1. The van der Waals surface area contributed by atoms with E-state index in [9.17, 15) is 14.4 Å². The predicted octanol–water partition coefficient (Wildman–Crippen LogP) is 2.13. The number of carbonyl (C=O) groups excluding carboxylic acids is 3. The van der Waals surface area contributed by atoms with Crippen LogP contribution in [0.4, 0.5) is 0 Å². The second-order valence-electron chi connectivity index (χ2n) is 11.7. The Morgan fingerprint density at radius 1 is 1.05 bits per heavy atom. The van der Waals surface area contributed by atoms with Crippen molar-refractivity contribution in [1.29, 1.82) is 0 Å². The normalized spacial score (nSPS) is 20.1. The molecule has 240 valence electrons. The summed E-state index contributed by atoms with van der Waals surface area (Å²) in [5.74, 6) is 0.455. The number of amides is 3. The minimum atomic E-state index is -0.784. The van der Waals surface area contributed by atoms with Crippen LogP contribution in [0.25, 0.3) is 0 Å². The van der Waals surface area contributed by atoms with Gasteiger partial charge in [-0.2, -0.15) is 0 Å². The highest BCUT2D eigenvalue weighted by molar-refractivity contribution is 5.92. The van der Waals surface area contributed by atoms with Crippen LogP contribution in [-0.2, 0) is 25.5 Å². The number of likely N-dealkylation sites (tertiary alicyclic amines) is 1. The third kappa shape index (κ3) is 9.23. The summed E-state index contributed by atoms with van der Waals surface area (Å²) in [5.41, 5.74) is 8.16. The fourth-order valence-corrected chi connectivity index (χ4v) is 6.46. The van der Waals surface area contributed by atoms with Crippen LogP contribution in [0.3, 0.4) is 0 Å². The zero-order valence-corrected chi connectivity index (χ0v) is 25.7. The molecular formula is C33H47N5O6. The van der Waals surface area contributed by atoms with Crippen molar-refractivity contribution in [3.05, 3.63) is 59.9 Å². The number of hydrogen-bond donors (Lipinski definition) is 4. The number of nitrogens with two attached hydrogens (primary N) is 1. The number of carbonyl (C=O) groups is 3. The lowest BCUT2D eigenvalue weighted by Crippen LogP contribution is -2.53. The first-order valence-corrected chi connectivity index (χ1v) is 15.8. The van der Waals surface area contributed by atoms with Crippen LogP contribution < -0.4 is 21.1 Å². The summed E-state index contributed by atoms with van der Waals surface area (Å²) in [6.45, 7) is 1.27. The third-order valence-electron chi connectivity index (χ3n) is 8.78. The van der Waals surface area contributed by atoms with Gasteiger partial charge in [0.15, 0.2) is 0 Å². The maximum absolute atomic E-state index is 13.9. The molecule has 5 N–H and O–H groups in total. The van der Waals surface area contributed by atoms with E-state index in [4.69, 9.17) is 20.3 Å². The van der Waals surface area contributed by atoms with E-state index >= 15 is 0 Å². The first-order valence-electron chi connectivity index (χ1n) is 15.8. The molecule has 1 aromatic heterocycles. The largest absolute Gasteiger partial charge is 0.491 e. The fourth-order valence-electron chi connectivity index (χ4n) is 6.46. The summed E-state index contributed by atoms with van der Waals surface area (Å²) < 4.78 is 11.2. The smallest absolute Gasteiger partial charge is 0.243 e. The van der Waals surface area contributed by atoms with Crippen LogP contribution in [0.15, 0.2) is 48.8 Å². The van der Waals surface area contributed by atoms with Gasteiger partial charge in [0.05, 0.1) is 19.8 Å². The highest BCUT2D eigenvalue weighted by atomic mass is 16.5. The molecule has 1 aliphatic carbocycles. The second-order valence-corrected chi connectivity index (χ2v) is 11.7. The second kappa shape index (κ2) is 17.1. The molecule has 4 rings (SSSR count). The van der Waals surface area contributed by atoms with Crippen molar-refractivity contribution in [3.63, 3.8) is 0 Å². The quantitative estimate of drug-likeness (QED) is 0.224. The number of nitrogens with one attached hydrogen (secondary N) is 2. The first-order chi connectivity index (χ1) is 21.4. The molecule has 0 unspecified atom stereocenters. The molecule has 1 aromatic carbocycles. The van der Waals surface area contributed by atoms with E-state index in [0.29, 0.717) is 43.2 Å². The SMILES string of the molecule is CNC(=O)[C@H](Cc1ccncc1)NC(=O)[C@@H]1C[C@@H](C2CCCCC2)CN1C(=O)C[C@H](N)c1ccccc1OCCOCCO. The minimum Gasteiger partial charge on any atom is -0.491 e. The van der Waals surface area contributed by atoms with E-state index < -0.39 is 18.1 Å². The molecule has 11 nitrogen and oxygen atoms in total. The molecule has 1 saturated heterocycles. The van der Waals surface area contributed by atoms with Gasteiger partial charge in [-0.05, 0) is 42.0 Å². The lowest BCUT2D eigenvalue weighted by atomic mass is 9.79. The Bertz CT molecular complexity index is 1210. The first kappa shape index (κ1) is 33.4. The molecule has 0 radical (unpaired) electrons. The van der Waals surface area contributed by atoms with Gasteiger partial charge in [0.25, 0.3) is 0 Å². The van der Waals surface area contributed by atoms with Crippen molar-refractivity contribution in [2.24, 2.45) is 17.6 Å². The van der Waals surface area contributed by atoms with Crippen LogP contribution in [0.1, 0.15) is 62.1 Å². The Labute approximate surface area is 259 Å². The van der Waals surface area contributed by atoms with E-state index in [1.807, 2.05) is 30.3 Å². The lowest BCUT2D eigenvalue weighted by Gasteiger charge is -2.28. The number of para-hydroxylation sites is 1. The average Bonchev–Trinajstić information content (AvgIpc) is 3.51. The summed E-state index contributed by atoms with van der Waals surface area (Å²) in [6, 6.07) is 8.87. The third-order valence-corrected chi connectivity index (χ3v) is 8.78. The molecule has 44 heavy (non-hydrogen) atoms. The lowest BCUT2D eigenvalue weighted by molar-refractivity contribution is -0.139. The summed E-state index contributed by atoms with van der Waals surface area (Å²) >= 11 is 0. The molecule has 2 fully saturated rings. The fraction of sp³-hybridized carbons (Fsp3) is 0.576. The Balaban J connectivity index is 1.47. The molecule has 4 atom stereocenters. The summed E-state index contributed by atoms with van der Waals surface area (Å²) in [5, 5.41) is 14.5. The number of aliphatic hydroxyl groups is 1. The molecule has 3 amide bonds. The average molecular weight is 610 g/mol. The molecule has 1 aliphatic heterocycles. The van der Waals surface area contributed by atoms with E-state index in [1.165, 1.54) is 19.3 Å². The van der Waals surface area contributed by atoms with Gasteiger partial charge in [0.2, 0.25) is 17.7 Å². The van der Waals surface area contributed by atoms with Crippen LogP contribution in [-0.4, -0.2) is 84.8 Å². The Kier molecular flexibility index (Phi) is 12.9. The summed E-state index contributed by atoms with van der Waals surface area (Å²) in [4.78, 5) is 46.2. The molecule has 0 spiro atoms. The van der Waals surface area contributed by atoms with Gasteiger partial charge in [-0.3, -0.25) is 19.4 Å². The number of rotatable bonds is 15. The number of pyridine rings is 1. The molecule has 2 aliphatic rings. The van der Waals surface area contributed by atoms with Crippen molar-refractivity contribution in [2.75, 3.05) is 40.0 Å². The van der Waals surface area contributed by atoms with E-state index in [0.717, 1.165) is 18.4 Å². The molecule has 11 heteroatoms. The van der Waals surface area contributed by atoms with Gasteiger partial charge in [-0.15, -0.1) is 0 Å². The Morgan fingerprint density at radius 3 is 2.52 bits per heavy atom. The van der Waals surface area contributed by atoms with Crippen LogP contribution in [0.2, 0.25) is 0 Å². The standard InChI is InChI=1S/C33H47N5O6/c1-35-32(41)28(19-23-11-13-36-14-12-23)37-33(42)29-20-25(24-7-3-2-4-8-24)22-38(29)31(40)21-27(34)26-9-5-6-10-30(26)44-18-17-43-16-15-39/h5-6,9-14,24-25,27-29,39H,2-4,7-8,15-22,34H2,1H3,(H,35,41)(H,37,42)/t25-,27+,28+,29+/m1/s1. The van der Waals surface area contributed by atoms with Crippen molar-refractivity contribution in [3.8, 4) is 5.75 Å². The van der Waals surface area contributed by atoms with Crippen molar-refractivity contribution < 1.29 is 29.0 Å². The van der Waals surface area contributed by atoms with Crippen molar-refractivity contribution in [2.45, 2.75) is 69.5 Å². The van der Waals surface area contributed by atoms with Gasteiger partial charge < -0.3 is 35.8 Å². The number of aromatic nitrogens is 1. The maximum atomic E-state index is 13.9. The number of benzene rings is 1. The molecule has 1 saturated carbocycles. The number of ether oxygens (including phenoxy) is 2. The van der Waals surface area contributed by atoms with Gasteiger partial charge in [0.1, 0.15) is 24.4 Å². The summed E-state index contributed by atoms with van der Waals surface area (Å²) in [6.07, 6.45) is 9.98. The highest BCUT2D eigenvalue weighted by Crippen LogP contribution is 2.38. The van der Waals surface area contributed by atoms with Crippen LogP contribution >= 0.6 is 0 Å². The predicted molar refractivity (Wildman–Crippen MR) is 166 cm³/mol. The molecule has 0 bridgehead atoms. The van der Waals surface area contributed by atoms with E-state index in [2.05, 4.69) is 15.6 Å². The van der Waals surface area contributed by atoms with E-state index in [1.54, 1.807) is 30.4 Å². The van der Waals surface area contributed by atoms with Crippen molar-refractivity contribution >= 4 is 17.7 Å². The zero-order chi connectivity index (χ0) is 31.3. The number of hydrogen-bond acceptors (Lipinski definition) is 8. The van der Waals surface area contributed by atoms with Crippen LogP contribution in [0, 0.1) is 11.8 Å². The molecule has 2 aromatic rings. The summed E-state index contributed by atoms with van der Waals surface area (Å²) in [7, 11) is 1.55. The zero-order valence-electron chi connectivity index (χ0n) is 25.7. The maximum Gasteiger partial charge on any atom is 0.243 e. The van der Waals surface area contributed by atoms with Gasteiger partial charge in [-0.1, -0.05) is 50.3 Å².